The average Bonchev–Trinajstić information content (AvgIpc) is 2.54. The molecule has 0 spiro atoms. The largest absolute Gasteiger partial charge is 0.388 e. The first-order chi connectivity index (χ1) is 11.0. The van der Waals surface area contributed by atoms with Crippen LogP contribution in [-0.2, 0) is 12.8 Å². The quantitative estimate of drug-likeness (QED) is 0.690. The molecule has 1 aromatic carbocycles. The summed E-state index contributed by atoms with van der Waals surface area (Å²) >= 11 is 0. The molecule has 126 valence electrons. The van der Waals surface area contributed by atoms with Gasteiger partial charge in [-0.05, 0) is 47.9 Å². The molecule has 23 heavy (non-hydrogen) atoms. The summed E-state index contributed by atoms with van der Waals surface area (Å²) in [7, 11) is 2.02. The second kappa shape index (κ2) is 7.83. The Morgan fingerprint density at radius 1 is 1.43 bits per heavy atom. The summed E-state index contributed by atoms with van der Waals surface area (Å²) in [6.45, 7) is 14.8. The standard InChI is InChI=1S/C21H32N2/c1-7-9-16-11-17-12-19(14(3)4)23-21(10-15(5)8-2)18(17)13-20(16)22-6/h8,11,13-14,19,21-23H,2,5,7,9-10,12H2,1,3-4,6H3. The normalized spacial score (nSPS) is 20.2. The van der Waals surface area contributed by atoms with Gasteiger partial charge in [-0.15, -0.1) is 0 Å². The van der Waals surface area contributed by atoms with E-state index in [-0.39, 0.29) is 0 Å². The Hall–Kier alpha value is -1.54. The Labute approximate surface area is 142 Å². The molecule has 2 rings (SSSR count). The van der Waals surface area contributed by atoms with Crippen molar-refractivity contribution in [1.29, 1.82) is 0 Å². The topological polar surface area (TPSA) is 24.1 Å². The van der Waals surface area contributed by atoms with Crippen LogP contribution in [-0.4, -0.2) is 13.1 Å². The fraction of sp³-hybridized carbons (Fsp3) is 0.524. The highest BCUT2D eigenvalue weighted by Gasteiger charge is 2.28. The van der Waals surface area contributed by atoms with Crippen molar-refractivity contribution in [3.05, 3.63) is 53.6 Å². The maximum Gasteiger partial charge on any atom is 0.0373 e. The molecule has 0 fully saturated rings. The molecule has 0 saturated carbocycles. The summed E-state index contributed by atoms with van der Waals surface area (Å²) in [6, 6.07) is 5.65. The Morgan fingerprint density at radius 2 is 2.17 bits per heavy atom. The van der Waals surface area contributed by atoms with Crippen molar-refractivity contribution in [2.75, 3.05) is 12.4 Å². The van der Waals surface area contributed by atoms with E-state index in [1.54, 1.807) is 0 Å². The molecule has 0 aliphatic carbocycles. The minimum Gasteiger partial charge on any atom is -0.388 e. The Bertz CT molecular complexity index is 571. The van der Waals surface area contributed by atoms with Gasteiger partial charge in [0.05, 0.1) is 0 Å². The first-order valence-corrected chi connectivity index (χ1v) is 8.89. The van der Waals surface area contributed by atoms with Gasteiger partial charge in [-0.25, -0.2) is 0 Å². The number of rotatable bonds is 7. The summed E-state index contributed by atoms with van der Waals surface area (Å²) in [6.07, 6.45) is 6.23. The van der Waals surface area contributed by atoms with E-state index in [0.717, 1.165) is 24.8 Å². The molecule has 0 amide bonds. The number of hydrogen-bond donors (Lipinski definition) is 2. The van der Waals surface area contributed by atoms with E-state index >= 15 is 0 Å². The van der Waals surface area contributed by atoms with Gasteiger partial charge in [-0.3, -0.25) is 0 Å². The summed E-state index contributed by atoms with van der Waals surface area (Å²) in [5.41, 5.74) is 6.74. The van der Waals surface area contributed by atoms with E-state index < -0.39 is 0 Å². The predicted molar refractivity (Wildman–Crippen MR) is 102 cm³/mol. The third-order valence-corrected chi connectivity index (χ3v) is 4.94. The summed E-state index contributed by atoms with van der Waals surface area (Å²) in [4.78, 5) is 0. The lowest BCUT2D eigenvalue weighted by Crippen LogP contribution is -2.42. The number of aryl methyl sites for hydroxylation is 1. The summed E-state index contributed by atoms with van der Waals surface area (Å²) in [5, 5.41) is 7.22. The molecule has 1 aliphatic heterocycles. The molecule has 1 heterocycles. The van der Waals surface area contributed by atoms with E-state index in [1.165, 1.54) is 28.8 Å². The second-order valence-corrected chi connectivity index (χ2v) is 7.05. The van der Waals surface area contributed by atoms with Crippen molar-refractivity contribution in [1.82, 2.24) is 5.32 Å². The van der Waals surface area contributed by atoms with Crippen LogP contribution in [0, 0.1) is 5.92 Å². The zero-order valence-electron chi connectivity index (χ0n) is 15.2. The van der Waals surface area contributed by atoms with Crippen molar-refractivity contribution >= 4 is 5.69 Å². The highest BCUT2D eigenvalue weighted by molar-refractivity contribution is 5.57. The lowest BCUT2D eigenvalue weighted by atomic mass is 9.82. The zero-order chi connectivity index (χ0) is 17.0. The number of nitrogens with one attached hydrogen (secondary N) is 2. The molecule has 0 bridgehead atoms. The Kier molecular flexibility index (Phi) is 6.06. The Balaban J connectivity index is 2.43. The molecule has 2 heteroatoms. The first-order valence-electron chi connectivity index (χ1n) is 8.89. The second-order valence-electron chi connectivity index (χ2n) is 7.05. The van der Waals surface area contributed by atoms with Crippen molar-refractivity contribution < 1.29 is 0 Å². The molecule has 1 aromatic rings. The number of benzene rings is 1. The molecule has 0 saturated heterocycles. The maximum atomic E-state index is 4.13. The molecule has 0 aromatic heterocycles. The van der Waals surface area contributed by atoms with Crippen LogP contribution >= 0.6 is 0 Å². The predicted octanol–water partition coefficient (Wildman–Crippen LogP) is 5.02. The van der Waals surface area contributed by atoms with Gasteiger partial charge >= 0.3 is 0 Å². The lowest BCUT2D eigenvalue weighted by molar-refractivity contribution is 0.329. The molecular weight excluding hydrogens is 280 g/mol. The number of anilines is 1. The van der Waals surface area contributed by atoms with Crippen LogP contribution < -0.4 is 10.6 Å². The fourth-order valence-electron chi connectivity index (χ4n) is 3.51. The van der Waals surface area contributed by atoms with Crippen LogP contribution in [0.5, 0.6) is 0 Å². The van der Waals surface area contributed by atoms with Crippen LogP contribution in [0.1, 0.15) is 56.3 Å². The highest BCUT2D eigenvalue weighted by Crippen LogP contribution is 2.35. The lowest BCUT2D eigenvalue weighted by Gasteiger charge is -2.36. The van der Waals surface area contributed by atoms with Gasteiger partial charge in [0.1, 0.15) is 0 Å². The van der Waals surface area contributed by atoms with Crippen LogP contribution in [0.2, 0.25) is 0 Å². The third-order valence-electron chi connectivity index (χ3n) is 4.94. The van der Waals surface area contributed by atoms with Gasteiger partial charge in [0.25, 0.3) is 0 Å². The average molecular weight is 313 g/mol. The SMILES string of the molecule is C=CC(=C)CC1NC(C(C)C)Cc2cc(CCC)c(NC)cc21. The monoisotopic (exact) mass is 312 g/mol. The number of fused-ring (bicyclic) bond motifs is 1. The smallest absolute Gasteiger partial charge is 0.0373 e. The van der Waals surface area contributed by atoms with Gasteiger partial charge in [0.2, 0.25) is 0 Å². The molecule has 2 N–H and O–H groups in total. The molecule has 2 unspecified atom stereocenters. The minimum absolute atomic E-state index is 0.333. The van der Waals surface area contributed by atoms with E-state index in [0.29, 0.717) is 18.0 Å². The fourth-order valence-corrected chi connectivity index (χ4v) is 3.51. The van der Waals surface area contributed by atoms with Crippen molar-refractivity contribution in [2.45, 2.75) is 58.5 Å². The molecule has 2 nitrogen and oxygen atoms in total. The first kappa shape index (κ1) is 17.8. The van der Waals surface area contributed by atoms with E-state index in [1.807, 2.05) is 13.1 Å². The van der Waals surface area contributed by atoms with Crippen LogP contribution in [0.3, 0.4) is 0 Å². The van der Waals surface area contributed by atoms with Gasteiger partial charge in [-0.1, -0.05) is 58.1 Å². The van der Waals surface area contributed by atoms with Crippen molar-refractivity contribution in [2.24, 2.45) is 5.92 Å². The van der Waals surface area contributed by atoms with Crippen LogP contribution in [0.15, 0.2) is 36.9 Å². The third kappa shape index (κ3) is 4.06. The van der Waals surface area contributed by atoms with Gasteiger partial charge < -0.3 is 10.6 Å². The summed E-state index contributed by atoms with van der Waals surface area (Å²) in [5.74, 6) is 0.626. The zero-order valence-corrected chi connectivity index (χ0v) is 15.2. The molecular formula is C21H32N2. The minimum atomic E-state index is 0.333. The Morgan fingerprint density at radius 3 is 2.74 bits per heavy atom. The maximum absolute atomic E-state index is 4.13. The van der Waals surface area contributed by atoms with E-state index in [9.17, 15) is 0 Å². The van der Waals surface area contributed by atoms with E-state index in [4.69, 9.17) is 0 Å². The van der Waals surface area contributed by atoms with Gasteiger partial charge in [0.15, 0.2) is 0 Å². The van der Waals surface area contributed by atoms with Gasteiger partial charge in [0, 0.05) is 24.8 Å². The number of hydrogen-bond acceptors (Lipinski definition) is 2. The van der Waals surface area contributed by atoms with Crippen molar-refractivity contribution in [3.8, 4) is 0 Å². The molecule has 2 atom stereocenters. The summed E-state index contributed by atoms with van der Waals surface area (Å²) < 4.78 is 0. The van der Waals surface area contributed by atoms with Crippen LogP contribution in [0.4, 0.5) is 5.69 Å². The van der Waals surface area contributed by atoms with Crippen LogP contribution in [0.25, 0.3) is 0 Å². The molecule has 1 aliphatic rings. The highest BCUT2D eigenvalue weighted by atomic mass is 15.0. The van der Waals surface area contributed by atoms with E-state index in [2.05, 4.69) is 56.7 Å². The van der Waals surface area contributed by atoms with Gasteiger partial charge in [-0.2, -0.15) is 0 Å². The molecule has 0 radical (unpaired) electrons. The number of allylic oxidation sites excluding steroid dienone is 1. The van der Waals surface area contributed by atoms with Crippen molar-refractivity contribution in [3.63, 3.8) is 0 Å².